The zero-order chi connectivity index (χ0) is 32.5. The minimum atomic E-state index is -4.01. The maximum atomic E-state index is 14.5. The summed E-state index contributed by atoms with van der Waals surface area (Å²) in [4.78, 5) is 27.0. The van der Waals surface area contributed by atoms with Gasteiger partial charge in [0.2, 0.25) is 28.7 Å². The minimum Gasteiger partial charge on any atom is -0.454 e. The first-order valence-corrected chi connectivity index (χ1v) is 16.8. The molecular formula is C33H32F2N6O5S. The van der Waals surface area contributed by atoms with E-state index in [0.29, 0.717) is 73.5 Å². The standard InChI is InChI=1S/C33H32F2N6O5S/c34-23-8-10-25(11-9-23)47(43,44)41-13-3-6-29(41)32(42)36-20-24-19-27(22-7-12-30-31(18-22)46-21-45-30)38-33(37-24)40-16-14-39(15-17-40)28-5-2-1-4-26(28)35/h1-2,4-5,7-12,18-19,29H,3,6,13-17,20-21H2,(H,36,42). The van der Waals surface area contributed by atoms with Gasteiger partial charge in [-0.15, -0.1) is 0 Å². The fraction of sp³-hybridized carbons (Fsp3) is 0.303. The van der Waals surface area contributed by atoms with Gasteiger partial charge in [-0.2, -0.15) is 4.31 Å². The number of hydrogen-bond acceptors (Lipinski definition) is 9. The average molecular weight is 663 g/mol. The van der Waals surface area contributed by atoms with Crippen LogP contribution in [-0.4, -0.2) is 74.2 Å². The summed E-state index contributed by atoms with van der Waals surface area (Å²) in [6.45, 7) is 2.55. The van der Waals surface area contributed by atoms with Crippen LogP contribution in [0.5, 0.6) is 11.5 Å². The highest BCUT2D eigenvalue weighted by atomic mass is 32.2. The number of ether oxygens (including phenoxy) is 2. The van der Waals surface area contributed by atoms with Crippen molar-refractivity contribution in [2.24, 2.45) is 0 Å². The van der Waals surface area contributed by atoms with Crippen LogP contribution in [0.3, 0.4) is 0 Å². The number of nitrogens with one attached hydrogen (secondary N) is 1. The van der Waals surface area contributed by atoms with E-state index in [0.717, 1.165) is 17.7 Å². The number of benzene rings is 3. The van der Waals surface area contributed by atoms with Crippen LogP contribution in [0, 0.1) is 11.6 Å². The van der Waals surface area contributed by atoms with Gasteiger partial charge < -0.3 is 24.6 Å². The molecule has 244 valence electrons. The van der Waals surface area contributed by atoms with Crippen molar-refractivity contribution in [1.29, 1.82) is 0 Å². The summed E-state index contributed by atoms with van der Waals surface area (Å²) in [6, 6.07) is 17.6. The molecule has 0 spiro atoms. The highest BCUT2D eigenvalue weighted by Gasteiger charge is 2.39. The van der Waals surface area contributed by atoms with Gasteiger partial charge in [0.1, 0.15) is 17.7 Å². The minimum absolute atomic E-state index is 0.0298. The molecule has 0 aliphatic carbocycles. The number of amides is 1. The Bertz CT molecular complexity index is 1900. The zero-order valence-electron chi connectivity index (χ0n) is 25.3. The smallest absolute Gasteiger partial charge is 0.243 e. The topological polar surface area (TPSA) is 117 Å². The second-order valence-corrected chi connectivity index (χ2v) is 13.4. The van der Waals surface area contributed by atoms with Gasteiger partial charge in [-0.05, 0) is 73.5 Å². The number of anilines is 2. The van der Waals surface area contributed by atoms with Crippen molar-refractivity contribution in [3.05, 3.63) is 90.1 Å². The van der Waals surface area contributed by atoms with Crippen molar-refractivity contribution in [3.63, 3.8) is 0 Å². The van der Waals surface area contributed by atoms with E-state index in [2.05, 4.69) is 5.32 Å². The summed E-state index contributed by atoms with van der Waals surface area (Å²) in [5.41, 5.74) is 2.45. The van der Waals surface area contributed by atoms with Gasteiger partial charge >= 0.3 is 0 Å². The molecule has 1 amide bonds. The van der Waals surface area contributed by atoms with Crippen LogP contribution < -0.4 is 24.6 Å². The first-order chi connectivity index (χ1) is 22.8. The highest BCUT2D eigenvalue weighted by Crippen LogP contribution is 2.36. The van der Waals surface area contributed by atoms with Gasteiger partial charge in [0, 0.05) is 38.3 Å². The molecule has 14 heteroatoms. The van der Waals surface area contributed by atoms with Crippen LogP contribution in [0.4, 0.5) is 20.4 Å². The fourth-order valence-corrected chi connectivity index (χ4v) is 7.76. The Hall–Kier alpha value is -4.82. The van der Waals surface area contributed by atoms with Crippen LogP contribution in [0.1, 0.15) is 18.5 Å². The molecule has 1 N–H and O–H groups in total. The zero-order valence-corrected chi connectivity index (χ0v) is 26.1. The normalized spacial score (nSPS) is 18.0. The highest BCUT2D eigenvalue weighted by molar-refractivity contribution is 7.89. The number of nitrogens with zero attached hydrogens (tertiary/aromatic N) is 5. The lowest BCUT2D eigenvalue weighted by Gasteiger charge is -2.36. The first kappa shape index (κ1) is 30.8. The molecule has 4 aromatic rings. The molecule has 7 rings (SSSR count). The number of sulfonamides is 1. The number of aromatic nitrogens is 2. The third-order valence-corrected chi connectivity index (χ3v) is 10.5. The molecule has 3 aliphatic rings. The summed E-state index contributed by atoms with van der Waals surface area (Å²) < 4.78 is 66.8. The molecule has 4 heterocycles. The number of hydrogen-bond donors (Lipinski definition) is 1. The largest absolute Gasteiger partial charge is 0.454 e. The lowest BCUT2D eigenvalue weighted by atomic mass is 10.1. The van der Waals surface area contributed by atoms with Crippen LogP contribution in [0.15, 0.2) is 77.7 Å². The van der Waals surface area contributed by atoms with Crippen LogP contribution in [0.25, 0.3) is 11.3 Å². The van der Waals surface area contributed by atoms with E-state index in [1.807, 2.05) is 34.1 Å². The van der Waals surface area contributed by atoms with E-state index >= 15 is 0 Å². The first-order valence-electron chi connectivity index (χ1n) is 15.3. The van der Waals surface area contributed by atoms with Gasteiger partial charge in [-0.25, -0.2) is 27.2 Å². The van der Waals surface area contributed by atoms with E-state index in [4.69, 9.17) is 19.4 Å². The van der Waals surface area contributed by atoms with Gasteiger partial charge in [-0.3, -0.25) is 4.79 Å². The number of rotatable bonds is 8. The van der Waals surface area contributed by atoms with E-state index in [1.54, 1.807) is 18.2 Å². The third kappa shape index (κ3) is 6.30. The molecular weight excluding hydrogens is 630 g/mol. The van der Waals surface area contributed by atoms with Crippen LogP contribution in [0.2, 0.25) is 0 Å². The van der Waals surface area contributed by atoms with Crippen LogP contribution in [-0.2, 0) is 21.4 Å². The Balaban J connectivity index is 1.11. The van der Waals surface area contributed by atoms with Crippen molar-refractivity contribution in [2.75, 3.05) is 49.3 Å². The number of para-hydroxylation sites is 1. The Morgan fingerprint density at radius 3 is 2.40 bits per heavy atom. The molecule has 0 saturated carbocycles. The summed E-state index contributed by atoms with van der Waals surface area (Å²) in [7, 11) is -4.01. The van der Waals surface area contributed by atoms with E-state index < -0.39 is 27.8 Å². The van der Waals surface area contributed by atoms with Crippen molar-refractivity contribution < 1.29 is 31.5 Å². The van der Waals surface area contributed by atoms with Gasteiger partial charge in [0.05, 0.1) is 28.5 Å². The molecule has 0 radical (unpaired) electrons. The fourth-order valence-electron chi connectivity index (χ4n) is 6.10. The molecule has 1 aromatic heterocycles. The van der Waals surface area contributed by atoms with Gasteiger partial charge in [0.25, 0.3) is 0 Å². The summed E-state index contributed by atoms with van der Waals surface area (Å²) in [6.07, 6.45) is 0.874. The Morgan fingerprint density at radius 1 is 0.872 bits per heavy atom. The SMILES string of the molecule is O=C(NCc1cc(-c2ccc3c(c2)OCO3)nc(N2CCN(c3ccccc3F)CC2)n1)C1CCCN1S(=O)(=O)c1ccc(F)cc1. The second-order valence-electron chi connectivity index (χ2n) is 11.5. The molecule has 2 saturated heterocycles. The summed E-state index contributed by atoms with van der Waals surface area (Å²) in [5.74, 6) is 0.425. The lowest BCUT2D eigenvalue weighted by Crippen LogP contribution is -2.47. The van der Waals surface area contributed by atoms with Crippen LogP contribution >= 0.6 is 0 Å². The van der Waals surface area contributed by atoms with Crippen molar-refractivity contribution >= 4 is 27.6 Å². The molecule has 1 atom stereocenters. The molecule has 1 unspecified atom stereocenters. The number of piperazine rings is 1. The van der Waals surface area contributed by atoms with Crippen molar-refractivity contribution in [3.8, 4) is 22.8 Å². The second kappa shape index (κ2) is 12.8. The Kier molecular flexibility index (Phi) is 8.37. The summed E-state index contributed by atoms with van der Waals surface area (Å²) in [5, 5.41) is 2.88. The maximum Gasteiger partial charge on any atom is 0.243 e. The number of carbonyl (C=O) groups is 1. The predicted molar refractivity (Wildman–Crippen MR) is 170 cm³/mol. The van der Waals surface area contributed by atoms with E-state index in [-0.39, 0.29) is 30.6 Å². The maximum absolute atomic E-state index is 14.5. The third-order valence-electron chi connectivity index (χ3n) is 8.56. The molecule has 0 bridgehead atoms. The van der Waals surface area contributed by atoms with Gasteiger partial charge in [-0.1, -0.05) is 12.1 Å². The molecule has 3 aliphatic heterocycles. The quantitative estimate of drug-likeness (QED) is 0.300. The van der Waals surface area contributed by atoms with E-state index in [9.17, 15) is 22.0 Å². The van der Waals surface area contributed by atoms with Crippen molar-refractivity contribution in [1.82, 2.24) is 19.6 Å². The molecule has 3 aromatic carbocycles. The lowest BCUT2D eigenvalue weighted by molar-refractivity contribution is -0.124. The average Bonchev–Trinajstić information content (AvgIpc) is 3.78. The molecule has 11 nitrogen and oxygen atoms in total. The molecule has 47 heavy (non-hydrogen) atoms. The summed E-state index contributed by atoms with van der Waals surface area (Å²) >= 11 is 0. The van der Waals surface area contributed by atoms with Crippen molar-refractivity contribution in [2.45, 2.75) is 30.3 Å². The monoisotopic (exact) mass is 662 g/mol. The Morgan fingerprint density at radius 2 is 1.62 bits per heavy atom. The predicted octanol–water partition coefficient (Wildman–Crippen LogP) is 3.95. The number of halogens is 2. The number of carbonyl (C=O) groups excluding carboxylic acids is 1. The number of fused-ring (bicyclic) bond motifs is 1. The van der Waals surface area contributed by atoms with E-state index in [1.165, 1.54) is 22.5 Å². The molecule has 2 fully saturated rings. The Labute approximate surface area is 270 Å². The van der Waals surface area contributed by atoms with Gasteiger partial charge in [0.15, 0.2) is 11.5 Å².